The van der Waals surface area contributed by atoms with Gasteiger partial charge in [0.25, 0.3) is 5.91 Å². The van der Waals surface area contributed by atoms with Crippen LogP contribution in [-0.2, 0) is 11.3 Å². The number of furan rings is 1. The van der Waals surface area contributed by atoms with Crippen molar-refractivity contribution in [2.75, 3.05) is 5.32 Å². The summed E-state index contributed by atoms with van der Waals surface area (Å²) in [6.45, 7) is 1.79. The molecule has 2 aromatic carbocycles. The number of anilines is 1. The SMILES string of the molecule is CC(=O)Nc1cccc(CNC(=O)c2cc3cc(Br)ccc3o2)c1. The van der Waals surface area contributed by atoms with E-state index in [2.05, 4.69) is 26.6 Å². The first-order valence-electron chi connectivity index (χ1n) is 7.35. The van der Waals surface area contributed by atoms with Gasteiger partial charge in [-0.2, -0.15) is 0 Å². The van der Waals surface area contributed by atoms with Crippen LogP contribution in [-0.4, -0.2) is 11.8 Å². The van der Waals surface area contributed by atoms with Crippen LogP contribution in [0, 0.1) is 0 Å². The van der Waals surface area contributed by atoms with Gasteiger partial charge in [-0.3, -0.25) is 9.59 Å². The predicted molar refractivity (Wildman–Crippen MR) is 95.8 cm³/mol. The first kappa shape index (κ1) is 16.3. The highest BCUT2D eigenvalue weighted by atomic mass is 79.9. The lowest BCUT2D eigenvalue weighted by Crippen LogP contribution is -2.22. The minimum atomic E-state index is -0.285. The van der Waals surface area contributed by atoms with Crippen LogP contribution >= 0.6 is 15.9 Å². The highest BCUT2D eigenvalue weighted by Gasteiger charge is 2.12. The number of benzene rings is 2. The molecule has 24 heavy (non-hydrogen) atoms. The van der Waals surface area contributed by atoms with E-state index in [9.17, 15) is 9.59 Å². The second kappa shape index (κ2) is 6.88. The van der Waals surface area contributed by atoms with E-state index in [-0.39, 0.29) is 17.6 Å². The van der Waals surface area contributed by atoms with Gasteiger partial charge in [0.05, 0.1) is 0 Å². The Morgan fingerprint density at radius 1 is 1.12 bits per heavy atom. The molecule has 5 nitrogen and oxygen atoms in total. The van der Waals surface area contributed by atoms with Gasteiger partial charge in [0.1, 0.15) is 5.58 Å². The first-order valence-corrected chi connectivity index (χ1v) is 8.14. The molecule has 0 fully saturated rings. The molecule has 122 valence electrons. The average molecular weight is 387 g/mol. The number of halogens is 1. The smallest absolute Gasteiger partial charge is 0.287 e. The van der Waals surface area contributed by atoms with E-state index < -0.39 is 0 Å². The van der Waals surface area contributed by atoms with Crippen molar-refractivity contribution < 1.29 is 14.0 Å². The van der Waals surface area contributed by atoms with Crippen LogP contribution in [0.3, 0.4) is 0 Å². The summed E-state index contributed by atoms with van der Waals surface area (Å²) < 4.78 is 6.49. The molecule has 6 heteroatoms. The maximum absolute atomic E-state index is 12.2. The van der Waals surface area contributed by atoms with Crippen molar-refractivity contribution in [3.8, 4) is 0 Å². The Morgan fingerprint density at radius 2 is 1.96 bits per heavy atom. The minimum absolute atomic E-state index is 0.135. The van der Waals surface area contributed by atoms with Crippen LogP contribution in [0.1, 0.15) is 23.0 Å². The lowest BCUT2D eigenvalue weighted by atomic mass is 10.2. The Bertz CT molecular complexity index is 918. The second-order valence-electron chi connectivity index (χ2n) is 5.36. The van der Waals surface area contributed by atoms with E-state index in [4.69, 9.17) is 4.42 Å². The maximum Gasteiger partial charge on any atom is 0.287 e. The van der Waals surface area contributed by atoms with Gasteiger partial charge >= 0.3 is 0 Å². The molecule has 0 aliphatic carbocycles. The number of carbonyl (C=O) groups excluding carboxylic acids is 2. The molecule has 0 unspecified atom stereocenters. The van der Waals surface area contributed by atoms with Crippen LogP contribution in [0.2, 0.25) is 0 Å². The fraction of sp³-hybridized carbons (Fsp3) is 0.111. The van der Waals surface area contributed by atoms with Gasteiger partial charge in [0, 0.05) is 29.0 Å². The summed E-state index contributed by atoms with van der Waals surface area (Å²) in [4.78, 5) is 23.3. The molecule has 0 saturated heterocycles. The zero-order valence-corrected chi connectivity index (χ0v) is 14.5. The first-order chi connectivity index (χ1) is 11.5. The molecular weight excluding hydrogens is 372 g/mol. The zero-order valence-electron chi connectivity index (χ0n) is 12.9. The van der Waals surface area contributed by atoms with E-state index >= 15 is 0 Å². The predicted octanol–water partition coefficient (Wildman–Crippen LogP) is 4.08. The summed E-state index contributed by atoms with van der Waals surface area (Å²) in [6.07, 6.45) is 0. The van der Waals surface area contributed by atoms with Crippen molar-refractivity contribution in [1.29, 1.82) is 0 Å². The molecular formula is C18H15BrN2O3. The van der Waals surface area contributed by atoms with Crippen molar-refractivity contribution >= 4 is 44.4 Å². The Balaban J connectivity index is 1.69. The Hall–Kier alpha value is -2.60. The molecule has 2 N–H and O–H groups in total. The summed E-state index contributed by atoms with van der Waals surface area (Å²) in [5, 5.41) is 6.39. The lowest BCUT2D eigenvalue weighted by molar-refractivity contribution is -0.114. The van der Waals surface area contributed by atoms with E-state index in [1.54, 1.807) is 12.1 Å². The number of nitrogens with one attached hydrogen (secondary N) is 2. The van der Waals surface area contributed by atoms with Gasteiger partial charge in [0.15, 0.2) is 5.76 Å². The molecule has 0 aliphatic rings. The van der Waals surface area contributed by atoms with Gasteiger partial charge in [-0.15, -0.1) is 0 Å². The fourth-order valence-electron chi connectivity index (χ4n) is 2.36. The highest BCUT2D eigenvalue weighted by Crippen LogP contribution is 2.23. The summed E-state index contributed by atoms with van der Waals surface area (Å²) in [5.74, 6) is -0.155. The van der Waals surface area contributed by atoms with E-state index in [1.807, 2.05) is 36.4 Å². The molecule has 0 atom stereocenters. The molecule has 0 radical (unpaired) electrons. The molecule has 0 aliphatic heterocycles. The van der Waals surface area contributed by atoms with Crippen molar-refractivity contribution in [3.05, 3.63) is 64.3 Å². The van der Waals surface area contributed by atoms with E-state index in [0.29, 0.717) is 17.8 Å². The minimum Gasteiger partial charge on any atom is -0.451 e. The number of hydrogen-bond donors (Lipinski definition) is 2. The second-order valence-corrected chi connectivity index (χ2v) is 6.27. The van der Waals surface area contributed by atoms with Crippen LogP contribution in [0.25, 0.3) is 11.0 Å². The third-order valence-electron chi connectivity index (χ3n) is 3.40. The van der Waals surface area contributed by atoms with Gasteiger partial charge in [-0.05, 0) is 42.0 Å². The molecule has 0 saturated carbocycles. The Kier molecular flexibility index (Phi) is 4.66. The third-order valence-corrected chi connectivity index (χ3v) is 3.90. The van der Waals surface area contributed by atoms with Crippen LogP contribution in [0.15, 0.2) is 57.4 Å². The van der Waals surface area contributed by atoms with Crippen molar-refractivity contribution in [2.24, 2.45) is 0 Å². The van der Waals surface area contributed by atoms with E-state index in [1.165, 1.54) is 6.92 Å². The van der Waals surface area contributed by atoms with Crippen LogP contribution in [0.4, 0.5) is 5.69 Å². The maximum atomic E-state index is 12.2. The Labute approximate surface area is 147 Å². The van der Waals surface area contributed by atoms with Gasteiger partial charge in [-0.1, -0.05) is 28.1 Å². The number of fused-ring (bicyclic) bond motifs is 1. The summed E-state index contributed by atoms with van der Waals surface area (Å²) >= 11 is 3.39. The van der Waals surface area contributed by atoms with Crippen molar-refractivity contribution in [3.63, 3.8) is 0 Å². The van der Waals surface area contributed by atoms with Crippen LogP contribution in [0.5, 0.6) is 0 Å². The normalized spacial score (nSPS) is 10.6. The largest absolute Gasteiger partial charge is 0.451 e. The van der Waals surface area contributed by atoms with Gasteiger partial charge in [0.2, 0.25) is 5.91 Å². The molecule has 0 spiro atoms. The molecule has 2 amide bonds. The summed E-state index contributed by atoms with van der Waals surface area (Å²) in [6, 6.07) is 14.6. The number of carbonyl (C=O) groups is 2. The number of hydrogen-bond acceptors (Lipinski definition) is 3. The molecule has 3 rings (SSSR count). The number of rotatable bonds is 4. The molecule has 3 aromatic rings. The van der Waals surface area contributed by atoms with Gasteiger partial charge < -0.3 is 15.1 Å². The fourth-order valence-corrected chi connectivity index (χ4v) is 2.74. The molecule has 1 aromatic heterocycles. The van der Waals surface area contributed by atoms with Crippen molar-refractivity contribution in [2.45, 2.75) is 13.5 Å². The third kappa shape index (κ3) is 3.83. The monoisotopic (exact) mass is 386 g/mol. The standard InChI is InChI=1S/C18H15BrN2O3/c1-11(22)21-15-4-2-3-12(7-15)10-20-18(23)17-9-13-8-14(19)5-6-16(13)24-17/h2-9H,10H2,1H3,(H,20,23)(H,21,22). The van der Waals surface area contributed by atoms with Gasteiger partial charge in [-0.25, -0.2) is 0 Å². The quantitative estimate of drug-likeness (QED) is 0.709. The summed E-state index contributed by atoms with van der Waals surface area (Å²) in [5.41, 5.74) is 2.24. The van der Waals surface area contributed by atoms with Crippen LogP contribution < -0.4 is 10.6 Å². The average Bonchev–Trinajstić information content (AvgIpc) is 2.95. The van der Waals surface area contributed by atoms with E-state index in [0.717, 1.165) is 15.4 Å². The summed E-state index contributed by atoms with van der Waals surface area (Å²) in [7, 11) is 0. The Morgan fingerprint density at radius 3 is 2.75 bits per heavy atom. The molecule has 1 heterocycles. The topological polar surface area (TPSA) is 71.3 Å². The molecule has 0 bridgehead atoms. The number of amides is 2. The zero-order chi connectivity index (χ0) is 17.1. The lowest BCUT2D eigenvalue weighted by Gasteiger charge is -2.06. The highest BCUT2D eigenvalue weighted by molar-refractivity contribution is 9.10. The van der Waals surface area contributed by atoms with Crippen molar-refractivity contribution in [1.82, 2.24) is 5.32 Å².